The fourth-order valence-corrected chi connectivity index (χ4v) is 3.23. The van der Waals surface area contributed by atoms with Crippen molar-refractivity contribution in [1.29, 1.82) is 0 Å². The molecule has 0 aromatic heterocycles. The summed E-state index contributed by atoms with van der Waals surface area (Å²) in [5, 5.41) is 0.542. The number of sulfone groups is 1. The largest absolute Gasteiger partial charge is 0.465 e. The summed E-state index contributed by atoms with van der Waals surface area (Å²) in [4.78, 5) is 11.4. The topological polar surface area (TPSA) is 69.7 Å². The average molecular weight is 355 g/mol. The lowest BCUT2D eigenvalue weighted by atomic mass is 10.3. The first-order chi connectivity index (χ1) is 10.9. The number of carbonyl (C=O) groups is 1. The van der Waals surface area contributed by atoms with Crippen molar-refractivity contribution in [1.82, 2.24) is 0 Å². The summed E-state index contributed by atoms with van der Waals surface area (Å²) in [5.74, 6) is -0.955. The van der Waals surface area contributed by atoms with E-state index in [0.717, 1.165) is 0 Å². The van der Waals surface area contributed by atoms with Gasteiger partial charge in [-0.3, -0.25) is 4.79 Å². The van der Waals surface area contributed by atoms with Crippen LogP contribution in [-0.2, 0) is 19.4 Å². The first-order valence-electron chi connectivity index (χ1n) is 6.83. The highest BCUT2D eigenvalue weighted by molar-refractivity contribution is 7.92. The molecule has 0 fully saturated rings. The van der Waals surface area contributed by atoms with Crippen LogP contribution in [0.3, 0.4) is 0 Å². The van der Waals surface area contributed by atoms with Crippen molar-refractivity contribution in [2.45, 2.75) is 11.8 Å². The summed E-state index contributed by atoms with van der Waals surface area (Å²) < 4.78 is 35.1. The van der Waals surface area contributed by atoms with Crippen LogP contribution in [0, 0.1) is 0 Å². The number of benzene rings is 2. The molecular weight excluding hydrogens is 340 g/mol. The number of halogens is 1. The minimum Gasteiger partial charge on any atom is -0.465 e. The summed E-state index contributed by atoms with van der Waals surface area (Å²) in [5.41, 5.74) is 0. The molecule has 5 nitrogen and oxygen atoms in total. The molecule has 2 aromatic carbocycles. The van der Waals surface area contributed by atoms with Crippen LogP contribution in [0.4, 0.5) is 0 Å². The number of ether oxygens (including phenoxy) is 2. The summed E-state index contributed by atoms with van der Waals surface area (Å²) in [6.07, 6.45) is 0. The van der Waals surface area contributed by atoms with Crippen molar-refractivity contribution in [2.24, 2.45) is 0 Å². The predicted molar refractivity (Wildman–Crippen MR) is 86.7 cm³/mol. The van der Waals surface area contributed by atoms with E-state index in [9.17, 15) is 13.2 Å². The van der Waals surface area contributed by atoms with Crippen LogP contribution in [0.2, 0.25) is 5.02 Å². The van der Waals surface area contributed by atoms with Gasteiger partial charge >= 0.3 is 5.97 Å². The molecule has 2 aromatic rings. The molecule has 2 rings (SSSR count). The Labute approximate surface area is 139 Å². The van der Waals surface area contributed by atoms with Gasteiger partial charge in [0, 0.05) is 5.02 Å². The number of rotatable bonds is 6. The van der Waals surface area contributed by atoms with Gasteiger partial charge in [-0.1, -0.05) is 23.7 Å². The molecule has 7 heteroatoms. The molecule has 0 aliphatic carbocycles. The minimum atomic E-state index is -3.87. The van der Waals surface area contributed by atoms with Crippen LogP contribution in [0.5, 0.6) is 11.5 Å². The van der Waals surface area contributed by atoms with Crippen LogP contribution < -0.4 is 4.74 Å². The third-order valence-electron chi connectivity index (χ3n) is 2.84. The first kappa shape index (κ1) is 17.3. The third kappa shape index (κ3) is 4.71. The second-order valence-electron chi connectivity index (χ2n) is 4.57. The maximum Gasteiger partial charge on any atom is 0.321 e. The molecule has 0 atom stereocenters. The molecule has 23 heavy (non-hydrogen) atoms. The molecule has 0 N–H and O–H groups in total. The van der Waals surface area contributed by atoms with Crippen molar-refractivity contribution >= 4 is 27.4 Å². The number of carbonyl (C=O) groups excluding carboxylic acids is 1. The number of hydrogen-bond donors (Lipinski definition) is 0. The Morgan fingerprint density at radius 2 is 1.74 bits per heavy atom. The molecule has 0 saturated heterocycles. The Bertz CT molecular complexity index is 784. The summed E-state index contributed by atoms with van der Waals surface area (Å²) >= 11 is 5.80. The van der Waals surface area contributed by atoms with E-state index < -0.39 is 21.6 Å². The highest BCUT2D eigenvalue weighted by Gasteiger charge is 2.24. The molecular formula is C16H15ClO5S. The third-order valence-corrected chi connectivity index (χ3v) is 4.71. The average Bonchev–Trinajstić information content (AvgIpc) is 2.50. The van der Waals surface area contributed by atoms with Gasteiger partial charge in [0.2, 0.25) is 0 Å². The second kappa shape index (κ2) is 7.48. The first-order valence-corrected chi connectivity index (χ1v) is 8.86. The molecule has 0 aliphatic rings. The minimum absolute atomic E-state index is 0.0667. The van der Waals surface area contributed by atoms with E-state index in [1.54, 1.807) is 43.3 Å². The molecule has 0 spiro atoms. The fraction of sp³-hybridized carbons (Fsp3) is 0.188. The van der Waals surface area contributed by atoms with E-state index in [-0.39, 0.29) is 17.3 Å². The Hall–Kier alpha value is -2.05. The maximum atomic E-state index is 12.4. The summed E-state index contributed by atoms with van der Waals surface area (Å²) in [6, 6.07) is 12.6. The van der Waals surface area contributed by atoms with Gasteiger partial charge in [0.25, 0.3) is 0 Å². The molecule has 0 unspecified atom stereocenters. The smallest absolute Gasteiger partial charge is 0.321 e. The lowest BCUT2D eigenvalue weighted by Crippen LogP contribution is -2.19. The van der Waals surface area contributed by atoms with Gasteiger partial charge in [-0.05, 0) is 43.3 Å². The van der Waals surface area contributed by atoms with Gasteiger partial charge in [-0.15, -0.1) is 0 Å². The molecule has 122 valence electrons. The van der Waals surface area contributed by atoms with Crippen LogP contribution in [0.15, 0.2) is 53.4 Å². The lowest BCUT2D eigenvalue weighted by molar-refractivity contribution is -0.139. The number of hydrogen-bond acceptors (Lipinski definition) is 5. The van der Waals surface area contributed by atoms with Crippen LogP contribution >= 0.6 is 11.6 Å². The fourth-order valence-electron chi connectivity index (χ4n) is 1.86. The van der Waals surface area contributed by atoms with E-state index >= 15 is 0 Å². The van der Waals surface area contributed by atoms with Gasteiger partial charge < -0.3 is 9.47 Å². The maximum absolute atomic E-state index is 12.4. The van der Waals surface area contributed by atoms with Gasteiger partial charge in [0.15, 0.2) is 15.6 Å². The quantitative estimate of drug-likeness (QED) is 0.743. The van der Waals surface area contributed by atoms with E-state index in [0.29, 0.717) is 10.8 Å². The number of para-hydroxylation sites is 1. The van der Waals surface area contributed by atoms with Crippen molar-refractivity contribution in [2.75, 3.05) is 12.4 Å². The van der Waals surface area contributed by atoms with Crippen molar-refractivity contribution < 1.29 is 22.7 Å². The van der Waals surface area contributed by atoms with Gasteiger partial charge in [0.1, 0.15) is 16.4 Å². The Morgan fingerprint density at radius 3 is 2.39 bits per heavy atom. The molecule has 0 amide bonds. The SMILES string of the molecule is CCOC(=O)CS(=O)(=O)c1ccccc1Oc1ccc(Cl)cc1. The van der Waals surface area contributed by atoms with Gasteiger partial charge in [-0.2, -0.15) is 0 Å². The Balaban J connectivity index is 2.29. The molecule has 0 radical (unpaired) electrons. The Morgan fingerprint density at radius 1 is 1.09 bits per heavy atom. The molecule has 0 heterocycles. The summed E-state index contributed by atoms with van der Waals surface area (Å²) in [6.45, 7) is 1.74. The normalized spacial score (nSPS) is 11.0. The summed E-state index contributed by atoms with van der Waals surface area (Å²) in [7, 11) is -3.87. The molecule has 0 bridgehead atoms. The highest BCUT2D eigenvalue weighted by atomic mass is 35.5. The monoisotopic (exact) mass is 354 g/mol. The zero-order chi connectivity index (χ0) is 16.9. The van der Waals surface area contributed by atoms with E-state index in [2.05, 4.69) is 0 Å². The molecule has 0 saturated carbocycles. The second-order valence-corrected chi connectivity index (χ2v) is 6.96. The highest BCUT2D eigenvalue weighted by Crippen LogP contribution is 2.30. The van der Waals surface area contributed by atoms with Crippen molar-refractivity contribution in [3.8, 4) is 11.5 Å². The standard InChI is InChI=1S/C16H15ClO5S/c1-2-21-16(18)11-23(19,20)15-6-4-3-5-14(15)22-13-9-7-12(17)8-10-13/h3-10H,2,11H2,1H3. The van der Waals surface area contributed by atoms with Gasteiger partial charge in [0.05, 0.1) is 6.61 Å². The zero-order valence-corrected chi connectivity index (χ0v) is 13.9. The van der Waals surface area contributed by atoms with Crippen molar-refractivity contribution in [3.63, 3.8) is 0 Å². The van der Waals surface area contributed by atoms with Crippen molar-refractivity contribution in [3.05, 3.63) is 53.6 Å². The Kier molecular flexibility index (Phi) is 5.63. The van der Waals surface area contributed by atoms with E-state index in [1.807, 2.05) is 0 Å². The van der Waals surface area contributed by atoms with Gasteiger partial charge in [-0.25, -0.2) is 8.42 Å². The van der Waals surface area contributed by atoms with Crippen LogP contribution in [0.25, 0.3) is 0 Å². The van der Waals surface area contributed by atoms with E-state index in [4.69, 9.17) is 21.1 Å². The van der Waals surface area contributed by atoms with E-state index in [1.165, 1.54) is 12.1 Å². The number of esters is 1. The lowest BCUT2D eigenvalue weighted by Gasteiger charge is -2.11. The van der Waals surface area contributed by atoms with Crippen LogP contribution in [-0.4, -0.2) is 26.7 Å². The zero-order valence-electron chi connectivity index (χ0n) is 12.4. The molecule has 0 aliphatic heterocycles. The predicted octanol–water partition coefficient (Wildman–Crippen LogP) is 3.47. The van der Waals surface area contributed by atoms with Crippen LogP contribution in [0.1, 0.15) is 6.92 Å².